The number of amides is 3. The Morgan fingerprint density at radius 1 is 1.43 bits per heavy atom. The van der Waals surface area contributed by atoms with E-state index in [1.54, 1.807) is 29.2 Å². The van der Waals surface area contributed by atoms with E-state index < -0.39 is 6.03 Å². The fourth-order valence-corrected chi connectivity index (χ4v) is 2.36. The van der Waals surface area contributed by atoms with E-state index in [0.717, 1.165) is 0 Å². The molecule has 0 radical (unpaired) electrons. The summed E-state index contributed by atoms with van der Waals surface area (Å²) < 4.78 is 0. The van der Waals surface area contributed by atoms with E-state index in [1.807, 2.05) is 19.9 Å². The summed E-state index contributed by atoms with van der Waals surface area (Å²) in [5, 5.41) is 14.4. The molecule has 0 spiro atoms. The number of para-hydroxylation sites is 1. The molecule has 2 N–H and O–H groups in total. The average Bonchev–Trinajstić information content (AvgIpc) is 2.80. The topological polar surface area (TPSA) is 85.2 Å². The van der Waals surface area contributed by atoms with Crippen molar-refractivity contribution in [2.75, 3.05) is 11.9 Å². The lowest BCUT2D eigenvalue weighted by Crippen LogP contribution is -2.40. The molecule has 21 heavy (non-hydrogen) atoms. The van der Waals surface area contributed by atoms with Crippen molar-refractivity contribution in [1.29, 1.82) is 5.26 Å². The second-order valence-corrected chi connectivity index (χ2v) is 5.30. The number of anilines is 1. The zero-order valence-electron chi connectivity index (χ0n) is 12.1. The molecule has 1 aliphatic rings. The van der Waals surface area contributed by atoms with Crippen molar-refractivity contribution >= 4 is 17.6 Å². The van der Waals surface area contributed by atoms with Crippen LogP contribution in [0, 0.1) is 11.3 Å². The molecule has 1 atom stereocenters. The van der Waals surface area contributed by atoms with Gasteiger partial charge in [-0.15, -0.1) is 0 Å². The van der Waals surface area contributed by atoms with Crippen LogP contribution in [0.25, 0.3) is 0 Å². The van der Waals surface area contributed by atoms with E-state index in [-0.39, 0.29) is 18.0 Å². The normalized spacial score (nSPS) is 17.7. The van der Waals surface area contributed by atoms with Gasteiger partial charge in [-0.05, 0) is 26.0 Å². The van der Waals surface area contributed by atoms with Crippen molar-refractivity contribution < 1.29 is 9.59 Å². The van der Waals surface area contributed by atoms with Gasteiger partial charge in [0.05, 0.1) is 17.3 Å². The Labute approximate surface area is 123 Å². The molecule has 2 rings (SSSR count). The molecule has 0 bridgehead atoms. The van der Waals surface area contributed by atoms with E-state index in [9.17, 15) is 9.59 Å². The second-order valence-electron chi connectivity index (χ2n) is 5.30. The summed E-state index contributed by atoms with van der Waals surface area (Å²) in [6, 6.07) is 8.33. The van der Waals surface area contributed by atoms with Crippen molar-refractivity contribution in [1.82, 2.24) is 10.2 Å². The molecule has 1 aliphatic heterocycles. The number of nitriles is 1. The molecule has 1 aromatic rings. The molecular weight excluding hydrogens is 268 g/mol. The maximum absolute atomic E-state index is 12.0. The fraction of sp³-hybridized carbons (Fsp3) is 0.400. The predicted octanol–water partition coefficient (Wildman–Crippen LogP) is 1.69. The Morgan fingerprint density at radius 2 is 2.14 bits per heavy atom. The summed E-state index contributed by atoms with van der Waals surface area (Å²) in [6.07, 6.45) is 0.311. The van der Waals surface area contributed by atoms with Crippen LogP contribution in [0.5, 0.6) is 0 Å². The molecule has 0 aliphatic carbocycles. The SMILES string of the molecule is CC(C)N1CC(NC(=O)Nc2ccccc2C#N)CC1=O. The molecule has 3 amide bonds. The molecule has 1 unspecified atom stereocenters. The highest BCUT2D eigenvalue weighted by Crippen LogP contribution is 2.16. The van der Waals surface area contributed by atoms with Gasteiger partial charge in [-0.2, -0.15) is 5.26 Å². The molecular formula is C15H18N4O2. The first-order valence-corrected chi connectivity index (χ1v) is 6.87. The van der Waals surface area contributed by atoms with Gasteiger partial charge < -0.3 is 15.5 Å². The van der Waals surface area contributed by atoms with E-state index in [0.29, 0.717) is 24.2 Å². The number of carbonyl (C=O) groups excluding carboxylic acids is 2. The lowest BCUT2D eigenvalue weighted by Gasteiger charge is -2.21. The zero-order valence-corrected chi connectivity index (χ0v) is 12.1. The number of hydrogen-bond acceptors (Lipinski definition) is 3. The van der Waals surface area contributed by atoms with E-state index in [4.69, 9.17) is 5.26 Å². The molecule has 6 heteroatoms. The average molecular weight is 286 g/mol. The molecule has 0 saturated carbocycles. The quantitative estimate of drug-likeness (QED) is 0.886. The van der Waals surface area contributed by atoms with Crippen molar-refractivity contribution in [2.45, 2.75) is 32.4 Å². The lowest BCUT2D eigenvalue weighted by atomic mass is 10.2. The maximum atomic E-state index is 12.0. The van der Waals surface area contributed by atoms with Crippen LogP contribution in [0.15, 0.2) is 24.3 Å². The van der Waals surface area contributed by atoms with E-state index in [1.165, 1.54) is 0 Å². The summed E-state index contributed by atoms with van der Waals surface area (Å²) in [4.78, 5) is 25.5. The van der Waals surface area contributed by atoms with Gasteiger partial charge in [0, 0.05) is 19.0 Å². The third-order valence-corrected chi connectivity index (χ3v) is 3.41. The Balaban J connectivity index is 1.94. The van der Waals surface area contributed by atoms with Crippen LogP contribution in [0.4, 0.5) is 10.5 Å². The minimum atomic E-state index is -0.402. The van der Waals surface area contributed by atoms with Crippen molar-refractivity contribution in [3.05, 3.63) is 29.8 Å². The van der Waals surface area contributed by atoms with Gasteiger partial charge in [0.15, 0.2) is 0 Å². The van der Waals surface area contributed by atoms with Crippen LogP contribution in [-0.4, -0.2) is 35.5 Å². The number of hydrogen-bond donors (Lipinski definition) is 2. The molecule has 6 nitrogen and oxygen atoms in total. The van der Waals surface area contributed by atoms with Crippen LogP contribution < -0.4 is 10.6 Å². The van der Waals surface area contributed by atoms with E-state index in [2.05, 4.69) is 10.6 Å². The Morgan fingerprint density at radius 3 is 2.76 bits per heavy atom. The first-order valence-electron chi connectivity index (χ1n) is 6.87. The van der Waals surface area contributed by atoms with Gasteiger partial charge in [0.25, 0.3) is 0 Å². The van der Waals surface area contributed by atoms with Crippen LogP contribution in [0.3, 0.4) is 0 Å². The van der Waals surface area contributed by atoms with Crippen molar-refractivity contribution in [3.8, 4) is 6.07 Å². The van der Waals surface area contributed by atoms with Gasteiger partial charge in [0.2, 0.25) is 5.91 Å². The fourth-order valence-electron chi connectivity index (χ4n) is 2.36. The summed E-state index contributed by atoms with van der Waals surface area (Å²) in [5.74, 6) is 0.0488. The number of carbonyl (C=O) groups is 2. The molecule has 1 heterocycles. The highest BCUT2D eigenvalue weighted by Gasteiger charge is 2.31. The smallest absolute Gasteiger partial charge is 0.319 e. The summed E-state index contributed by atoms with van der Waals surface area (Å²) >= 11 is 0. The monoisotopic (exact) mass is 286 g/mol. The van der Waals surface area contributed by atoms with Gasteiger partial charge >= 0.3 is 6.03 Å². The third-order valence-electron chi connectivity index (χ3n) is 3.41. The van der Waals surface area contributed by atoms with Crippen molar-refractivity contribution in [2.24, 2.45) is 0 Å². The molecule has 0 aromatic heterocycles. The standard InChI is InChI=1S/C15H18N4O2/c1-10(2)19-9-12(7-14(19)20)17-15(21)18-13-6-4-3-5-11(13)8-16/h3-6,10,12H,7,9H2,1-2H3,(H2,17,18,21). The van der Waals surface area contributed by atoms with Gasteiger partial charge in [-0.3, -0.25) is 4.79 Å². The number of urea groups is 1. The Bertz CT molecular complexity index is 592. The molecule has 1 fully saturated rings. The summed E-state index contributed by atoms with van der Waals surface area (Å²) in [7, 11) is 0. The van der Waals surface area contributed by atoms with Gasteiger partial charge in [0.1, 0.15) is 6.07 Å². The molecule has 1 saturated heterocycles. The highest BCUT2D eigenvalue weighted by atomic mass is 16.2. The second kappa shape index (κ2) is 6.27. The largest absolute Gasteiger partial charge is 0.338 e. The van der Waals surface area contributed by atoms with Crippen LogP contribution >= 0.6 is 0 Å². The number of likely N-dealkylation sites (tertiary alicyclic amines) is 1. The van der Waals surface area contributed by atoms with Crippen LogP contribution in [-0.2, 0) is 4.79 Å². The molecule has 1 aromatic carbocycles. The zero-order chi connectivity index (χ0) is 15.4. The maximum Gasteiger partial charge on any atom is 0.319 e. The summed E-state index contributed by atoms with van der Waals surface area (Å²) in [6.45, 7) is 4.41. The third kappa shape index (κ3) is 3.51. The predicted molar refractivity (Wildman–Crippen MR) is 78.6 cm³/mol. The van der Waals surface area contributed by atoms with Crippen LogP contribution in [0.2, 0.25) is 0 Å². The van der Waals surface area contributed by atoms with Crippen LogP contribution in [0.1, 0.15) is 25.8 Å². The first kappa shape index (κ1) is 14.9. The number of benzene rings is 1. The number of nitrogens with zero attached hydrogens (tertiary/aromatic N) is 2. The highest BCUT2D eigenvalue weighted by molar-refractivity contribution is 5.91. The minimum absolute atomic E-state index is 0.0488. The Hall–Kier alpha value is -2.55. The Kier molecular flexibility index (Phi) is 4.43. The van der Waals surface area contributed by atoms with Gasteiger partial charge in [-0.1, -0.05) is 12.1 Å². The minimum Gasteiger partial charge on any atom is -0.338 e. The first-order chi connectivity index (χ1) is 10.0. The lowest BCUT2D eigenvalue weighted by molar-refractivity contribution is -0.129. The van der Waals surface area contributed by atoms with E-state index >= 15 is 0 Å². The van der Waals surface area contributed by atoms with Crippen molar-refractivity contribution in [3.63, 3.8) is 0 Å². The van der Waals surface area contributed by atoms with Gasteiger partial charge in [-0.25, -0.2) is 4.79 Å². The molecule has 110 valence electrons. The number of nitrogens with one attached hydrogen (secondary N) is 2. The summed E-state index contributed by atoms with van der Waals surface area (Å²) in [5.41, 5.74) is 0.862. The number of rotatable bonds is 3.